The first-order chi connectivity index (χ1) is 17.3. The van der Waals surface area contributed by atoms with Gasteiger partial charge in [-0.3, -0.25) is 4.90 Å². The third-order valence-electron chi connectivity index (χ3n) is 8.28. The second-order valence-corrected chi connectivity index (χ2v) is 10.7. The standard InChI is InChI=1S/C30H30N2O4/c1-30(2)25-16-19(31-11-3-12-31)6-9-22(25)27(23-10-7-20(17-26(23)30)32-13-4-14-32)24-15-18(28(33)34)5-8-21(24)29(35)36/h5-10,15-17,19H,3-4,11-14H2,1-2H3,(H,33,34)(H,35,36). The summed E-state index contributed by atoms with van der Waals surface area (Å²) in [5.74, 6) is -2.14. The van der Waals surface area contributed by atoms with Crippen LogP contribution >= 0.6 is 0 Å². The number of carboxylic acid groups (broad SMARTS) is 2. The third kappa shape index (κ3) is 3.43. The summed E-state index contributed by atoms with van der Waals surface area (Å²) in [6, 6.07) is 11.0. The summed E-state index contributed by atoms with van der Waals surface area (Å²) in [4.78, 5) is 29.0. The average molecular weight is 483 g/mol. The topological polar surface area (TPSA) is 81.1 Å². The molecule has 4 aliphatic rings. The minimum absolute atomic E-state index is 0.0791. The van der Waals surface area contributed by atoms with Gasteiger partial charge in [-0.05, 0) is 76.6 Å². The first kappa shape index (κ1) is 22.8. The normalized spacial score (nSPS) is 22.2. The fourth-order valence-corrected chi connectivity index (χ4v) is 5.92. The number of benzene rings is 2. The number of hydrogen-bond acceptors (Lipinski definition) is 4. The molecule has 2 aromatic rings. The molecule has 6 heteroatoms. The van der Waals surface area contributed by atoms with Crippen LogP contribution in [0.15, 0.2) is 65.8 Å². The zero-order valence-corrected chi connectivity index (χ0v) is 20.6. The molecule has 2 aliphatic heterocycles. The zero-order valence-electron chi connectivity index (χ0n) is 20.6. The van der Waals surface area contributed by atoms with E-state index < -0.39 is 11.9 Å². The Labute approximate surface area is 210 Å². The molecule has 184 valence electrons. The van der Waals surface area contributed by atoms with Crippen LogP contribution in [0.5, 0.6) is 0 Å². The largest absolute Gasteiger partial charge is 0.478 e. The molecule has 0 spiro atoms. The van der Waals surface area contributed by atoms with Gasteiger partial charge in [-0.15, -0.1) is 0 Å². The number of nitrogens with zero attached hydrogens (tertiary/aromatic N) is 2. The van der Waals surface area contributed by atoms with Gasteiger partial charge in [-0.25, -0.2) is 9.59 Å². The number of rotatable bonds is 5. The minimum Gasteiger partial charge on any atom is -0.478 e. The predicted octanol–water partition coefficient (Wildman–Crippen LogP) is 4.96. The Morgan fingerprint density at radius 1 is 0.917 bits per heavy atom. The lowest BCUT2D eigenvalue weighted by Gasteiger charge is -2.44. The van der Waals surface area contributed by atoms with Crippen LogP contribution in [0.25, 0.3) is 5.57 Å². The number of carbonyl (C=O) groups is 2. The van der Waals surface area contributed by atoms with E-state index in [2.05, 4.69) is 60.1 Å². The van der Waals surface area contributed by atoms with Crippen molar-refractivity contribution in [2.24, 2.45) is 0 Å². The van der Waals surface area contributed by atoms with Gasteiger partial charge < -0.3 is 15.1 Å². The monoisotopic (exact) mass is 482 g/mol. The molecule has 2 aliphatic carbocycles. The van der Waals surface area contributed by atoms with Crippen LogP contribution in [-0.4, -0.2) is 59.3 Å². The molecule has 2 N–H and O–H groups in total. The van der Waals surface area contributed by atoms with E-state index in [-0.39, 0.29) is 22.6 Å². The maximum Gasteiger partial charge on any atom is 0.336 e. The summed E-state index contributed by atoms with van der Waals surface area (Å²) in [6.45, 7) is 8.72. The first-order valence-electron chi connectivity index (χ1n) is 12.7. The number of hydrogen-bond donors (Lipinski definition) is 2. The summed E-state index contributed by atoms with van der Waals surface area (Å²) < 4.78 is 0. The summed E-state index contributed by atoms with van der Waals surface area (Å²) in [6.07, 6.45) is 9.04. The van der Waals surface area contributed by atoms with Crippen LogP contribution in [0.2, 0.25) is 0 Å². The van der Waals surface area contributed by atoms with Crippen LogP contribution in [0.1, 0.15) is 64.1 Å². The molecule has 36 heavy (non-hydrogen) atoms. The Hall–Kier alpha value is -3.64. The molecule has 6 nitrogen and oxygen atoms in total. The average Bonchev–Trinajstić information content (AvgIpc) is 2.77. The van der Waals surface area contributed by atoms with Crippen molar-refractivity contribution >= 4 is 23.2 Å². The molecule has 1 atom stereocenters. The number of fused-ring (bicyclic) bond motifs is 2. The lowest BCUT2D eigenvalue weighted by Crippen LogP contribution is -2.45. The van der Waals surface area contributed by atoms with E-state index in [1.54, 1.807) is 0 Å². The second kappa shape index (κ2) is 8.20. The van der Waals surface area contributed by atoms with Crippen molar-refractivity contribution in [2.75, 3.05) is 31.1 Å². The van der Waals surface area contributed by atoms with E-state index in [9.17, 15) is 19.8 Å². The predicted molar refractivity (Wildman–Crippen MR) is 140 cm³/mol. The molecular weight excluding hydrogens is 452 g/mol. The number of anilines is 1. The highest BCUT2D eigenvalue weighted by atomic mass is 16.4. The number of allylic oxidation sites excluding steroid dienone is 3. The molecule has 2 aromatic carbocycles. The Morgan fingerprint density at radius 2 is 1.67 bits per heavy atom. The SMILES string of the molecule is CC1(C)C2=CC(N3CCC3)C=CC2=C(c2cc(C(=O)O)ccc2C(=O)O)c2ccc(N3CCC3)cc21. The van der Waals surface area contributed by atoms with Crippen molar-refractivity contribution < 1.29 is 19.8 Å². The molecule has 0 bridgehead atoms. The van der Waals surface area contributed by atoms with E-state index in [0.717, 1.165) is 48.5 Å². The minimum atomic E-state index is -1.07. The van der Waals surface area contributed by atoms with Crippen LogP contribution in [-0.2, 0) is 5.41 Å². The Kier molecular flexibility index (Phi) is 5.20. The lowest BCUT2D eigenvalue weighted by atomic mass is 9.63. The van der Waals surface area contributed by atoms with Gasteiger partial charge in [-0.2, -0.15) is 0 Å². The highest BCUT2D eigenvalue weighted by molar-refractivity contribution is 6.03. The maximum absolute atomic E-state index is 12.3. The van der Waals surface area contributed by atoms with E-state index in [0.29, 0.717) is 5.56 Å². The summed E-state index contributed by atoms with van der Waals surface area (Å²) >= 11 is 0. The molecule has 0 radical (unpaired) electrons. The lowest BCUT2D eigenvalue weighted by molar-refractivity contribution is 0.0681. The van der Waals surface area contributed by atoms with Gasteiger partial charge in [0, 0.05) is 43.3 Å². The van der Waals surface area contributed by atoms with E-state index in [1.165, 1.54) is 42.3 Å². The van der Waals surface area contributed by atoms with E-state index in [4.69, 9.17) is 0 Å². The van der Waals surface area contributed by atoms with Crippen molar-refractivity contribution in [1.29, 1.82) is 0 Å². The van der Waals surface area contributed by atoms with Crippen molar-refractivity contribution in [3.63, 3.8) is 0 Å². The molecule has 0 saturated carbocycles. The third-order valence-corrected chi connectivity index (χ3v) is 8.28. The highest BCUT2D eigenvalue weighted by Crippen LogP contribution is 2.51. The van der Waals surface area contributed by atoms with Gasteiger partial charge >= 0.3 is 11.9 Å². The molecular formula is C30H30N2O4. The summed E-state index contributed by atoms with van der Waals surface area (Å²) in [5.41, 5.74) is 6.58. The summed E-state index contributed by atoms with van der Waals surface area (Å²) in [7, 11) is 0. The van der Waals surface area contributed by atoms with Crippen molar-refractivity contribution in [2.45, 2.75) is 38.1 Å². The molecule has 0 aromatic heterocycles. The Balaban J connectivity index is 1.63. The molecule has 6 rings (SSSR count). The first-order valence-corrected chi connectivity index (χ1v) is 12.7. The van der Waals surface area contributed by atoms with Crippen LogP contribution in [0.3, 0.4) is 0 Å². The fraction of sp³-hybridized carbons (Fsp3) is 0.333. The van der Waals surface area contributed by atoms with Gasteiger partial charge in [0.1, 0.15) is 0 Å². The quantitative estimate of drug-likeness (QED) is 0.627. The smallest absolute Gasteiger partial charge is 0.336 e. The van der Waals surface area contributed by atoms with E-state index >= 15 is 0 Å². The summed E-state index contributed by atoms with van der Waals surface area (Å²) in [5, 5.41) is 19.8. The number of carboxylic acids is 2. The highest BCUT2D eigenvalue weighted by Gasteiger charge is 2.40. The van der Waals surface area contributed by atoms with Gasteiger partial charge in [0.05, 0.1) is 11.1 Å². The number of likely N-dealkylation sites (tertiary alicyclic amines) is 1. The second-order valence-electron chi connectivity index (χ2n) is 10.7. The van der Waals surface area contributed by atoms with Crippen LogP contribution in [0.4, 0.5) is 5.69 Å². The fourth-order valence-electron chi connectivity index (χ4n) is 5.92. The Morgan fingerprint density at radius 3 is 2.28 bits per heavy atom. The van der Waals surface area contributed by atoms with Crippen molar-refractivity contribution in [3.8, 4) is 0 Å². The van der Waals surface area contributed by atoms with Gasteiger partial charge in [-0.1, -0.05) is 38.1 Å². The van der Waals surface area contributed by atoms with E-state index in [1.807, 2.05) is 0 Å². The van der Waals surface area contributed by atoms with Crippen molar-refractivity contribution in [3.05, 3.63) is 93.6 Å². The molecule has 2 saturated heterocycles. The van der Waals surface area contributed by atoms with Crippen molar-refractivity contribution in [1.82, 2.24) is 4.90 Å². The maximum atomic E-state index is 12.3. The van der Waals surface area contributed by atoms with Gasteiger partial charge in [0.25, 0.3) is 0 Å². The van der Waals surface area contributed by atoms with Gasteiger partial charge in [0.15, 0.2) is 0 Å². The Bertz CT molecular complexity index is 1390. The molecule has 2 fully saturated rings. The zero-order chi connectivity index (χ0) is 25.2. The number of aromatic carboxylic acids is 2. The molecule has 0 amide bonds. The van der Waals surface area contributed by atoms with Gasteiger partial charge in [0.2, 0.25) is 0 Å². The molecule has 1 unspecified atom stereocenters. The molecule has 2 heterocycles. The van der Waals surface area contributed by atoms with Crippen LogP contribution in [0, 0.1) is 0 Å². The van der Waals surface area contributed by atoms with Crippen LogP contribution < -0.4 is 4.90 Å².